The molecule has 5 heteroatoms. The van der Waals surface area contributed by atoms with Gasteiger partial charge in [0.15, 0.2) is 9.84 Å². The van der Waals surface area contributed by atoms with E-state index in [1.807, 2.05) is 24.3 Å². The van der Waals surface area contributed by atoms with Crippen molar-refractivity contribution in [1.82, 2.24) is 4.90 Å². The number of benzene rings is 2. The fourth-order valence-corrected chi connectivity index (χ4v) is 4.70. The van der Waals surface area contributed by atoms with E-state index in [0.717, 1.165) is 19.4 Å². The molecule has 0 spiro atoms. The second kappa shape index (κ2) is 8.13. The largest absolute Gasteiger partial charge is 0.391 e. The van der Waals surface area contributed by atoms with Crippen LogP contribution in [0.25, 0.3) is 0 Å². The number of aliphatic hydroxyl groups excluding tert-OH is 1. The normalized spacial score (nSPS) is 22.0. The quantitative estimate of drug-likeness (QED) is 0.860. The number of sulfone groups is 1. The maximum atomic E-state index is 12.4. The van der Waals surface area contributed by atoms with Gasteiger partial charge in [0.1, 0.15) is 0 Å². The molecular formula is C20H25NO3S. The molecule has 1 saturated heterocycles. The molecule has 3 rings (SSSR count). The molecule has 1 aliphatic rings. The molecule has 0 amide bonds. The highest BCUT2D eigenvalue weighted by Gasteiger charge is 2.28. The van der Waals surface area contributed by atoms with Gasteiger partial charge in [-0.3, -0.25) is 4.90 Å². The fraction of sp³-hybridized carbons (Fsp3) is 0.400. The third kappa shape index (κ3) is 4.91. The Bertz CT molecular complexity index is 762. The molecule has 1 heterocycles. The van der Waals surface area contributed by atoms with Crippen LogP contribution < -0.4 is 0 Å². The van der Waals surface area contributed by atoms with Crippen molar-refractivity contribution in [2.24, 2.45) is 5.92 Å². The van der Waals surface area contributed by atoms with E-state index in [4.69, 9.17) is 0 Å². The van der Waals surface area contributed by atoms with Gasteiger partial charge in [-0.25, -0.2) is 8.42 Å². The van der Waals surface area contributed by atoms with E-state index < -0.39 is 15.9 Å². The van der Waals surface area contributed by atoms with E-state index >= 15 is 0 Å². The summed E-state index contributed by atoms with van der Waals surface area (Å²) >= 11 is 0. The minimum atomic E-state index is -3.26. The van der Waals surface area contributed by atoms with Crippen molar-refractivity contribution in [2.75, 3.05) is 25.4 Å². The first-order chi connectivity index (χ1) is 12.0. The molecule has 2 aromatic carbocycles. The van der Waals surface area contributed by atoms with Crippen molar-refractivity contribution in [3.05, 3.63) is 66.2 Å². The maximum absolute atomic E-state index is 12.4. The lowest BCUT2D eigenvalue weighted by Gasteiger charge is -2.36. The van der Waals surface area contributed by atoms with E-state index in [2.05, 4.69) is 17.0 Å². The van der Waals surface area contributed by atoms with Gasteiger partial charge in [0.05, 0.1) is 16.8 Å². The van der Waals surface area contributed by atoms with E-state index in [1.165, 1.54) is 5.56 Å². The molecule has 2 atom stereocenters. The van der Waals surface area contributed by atoms with Crippen molar-refractivity contribution < 1.29 is 13.5 Å². The Morgan fingerprint density at radius 1 is 1.00 bits per heavy atom. The van der Waals surface area contributed by atoms with Gasteiger partial charge < -0.3 is 5.11 Å². The van der Waals surface area contributed by atoms with Crippen LogP contribution in [0, 0.1) is 5.92 Å². The van der Waals surface area contributed by atoms with Crippen LogP contribution in [0.1, 0.15) is 12.0 Å². The summed E-state index contributed by atoms with van der Waals surface area (Å²) in [5.74, 6) is 0.331. The lowest BCUT2D eigenvalue weighted by Crippen LogP contribution is -2.46. The average Bonchev–Trinajstić information content (AvgIpc) is 2.64. The highest BCUT2D eigenvalue weighted by molar-refractivity contribution is 7.91. The van der Waals surface area contributed by atoms with Gasteiger partial charge in [-0.05, 0) is 43.0 Å². The van der Waals surface area contributed by atoms with Crippen LogP contribution in [0.2, 0.25) is 0 Å². The highest BCUT2D eigenvalue weighted by Crippen LogP contribution is 2.22. The summed E-state index contributed by atoms with van der Waals surface area (Å²) in [6, 6.07) is 18.8. The zero-order valence-corrected chi connectivity index (χ0v) is 15.1. The van der Waals surface area contributed by atoms with Crippen LogP contribution in [0.5, 0.6) is 0 Å². The number of rotatable bonds is 6. The summed E-state index contributed by atoms with van der Waals surface area (Å²) in [7, 11) is -3.26. The molecule has 0 aromatic heterocycles. The Morgan fingerprint density at radius 2 is 1.64 bits per heavy atom. The van der Waals surface area contributed by atoms with Crippen LogP contribution in [-0.4, -0.2) is 49.9 Å². The molecule has 2 unspecified atom stereocenters. The van der Waals surface area contributed by atoms with Gasteiger partial charge in [0.2, 0.25) is 0 Å². The Hall–Kier alpha value is -1.69. The first-order valence-corrected chi connectivity index (χ1v) is 10.4. The topological polar surface area (TPSA) is 57.6 Å². The van der Waals surface area contributed by atoms with Crippen LogP contribution in [0.15, 0.2) is 65.6 Å². The van der Waals surface area contributed by atoms with Crippen LogP contribution in [0.3, 0.4) is 0 Å². The predicted molar refractivity (Wildman–Crippen MR) is 99.2 cm³/mol. The van der Waals surface area contributed by atoms with Crippen LogP contribution in [-0.2, 0) is 16.3 Å². The van der Waals surface area contributed by atoms with Gasteiger partial charge in [-0.1, -0.05) is 48.5 Å². The highest BCUT2D eigenvalue weighted by atomic mass is 32.2. The number of hydrogen-bond acceptors (Lipinski definition) is 4. The van der Waals surface area contributed by atoms with E-state index in [0.29, 0.717) is 18.0 Å². The van der Waals surface area contributed by atoms with Crippen molar-refractivity contribution in [1.29, 1.82) is 0 Å². The zero-order chi connectivity index (χ0) is 17.7. The molecular weight excluding hydrogens is 334 g/mol. The number of nitrogens with zero attached hydrogens (tertiary/aromatic N) is 1. The predicted octanol–water partition coefficient (Wildman–Crippen LogP) is 2.39. The van der Waals surface area contributed by atoms with Gasteiger partial charge in [0.25, 0.3) is 0 Å². The fourth-order valence-electron chi connectivity index (χ4n) is 3.40. The average molecular weight is 359 g/mol. The molecule has 4 nitrogen and oxygen atoms in total. The van der Waals surface area contributed by atoms with Gasteiger partial charge in [-0.2, -0.15) is 0 Å². The first kappa shape index (κ1) is 18.1. The summed E-state index contributed by atoms with van der Waals surface area (Å²) < 4.78 is 24.7. The second-order valence-electron chi connectivity index (χ2n) is 6.74. The molecule has 25 heavy (non-hydrogen) atoms. The monoisotopic (exact) mass is 359 g/mol. The van der Waals surface area contributed by atoms with Gasteiger partial charge in [0, 0.05) is 13.1 Å². The third-order valence-electron chi connectivity index (χ3n) is 4.92. The van der Waals surface area contributed by atoms with Crippen molar-refractivity contribution in [2.45, 2.75) is 23.8 Å². The molecule has 0 bridgehead atoms. The van der Waals surface area contributed by atoms with E-state index in [-0.39, 0.29) is 11.7 Å². The third-order valence-corrected chi connectivity index (χ3v) is 6.64. The van der Waals surface area contributed by atoms with Crippen LogP contribution >= 0.6 is 0 Å². The number of hydrogen-bond donors (Lipinski definition) is 1. The Morgan fingerprint density at radius 3 is 2.28 bits per heavy atom. The van der Waals surface area contributed by atoms with Gasteiger partial charge >= 0.3 is 0 Å². The second-order valence-corrected chi connectivity index (χ2v) is 8.85. The number of piperidine rings is 1. The number of aliphatic hydroxyl groups is 1. The van der Waals surface area contributed by atoms with Crippen LogP contribution in [0.4, 0.5) is 0 Å². The smallest absolute Gasteiger partial charge is 0.179 e. The SMILES string of the molecule is O=S(=O)(CCN1CCC(Cc2ccccc2)C(O)C1)c1ccccc1. The maximum Gasteiger partial charge on any atom is 0.179 e. The van der Waals surface area contributed by atoms with E-state index in [1.54, 1.807) is 24.3 Å². The van der Waals surface area contributed by atoms with Gasteiger partial charge in [-0.15, -0.1) is 0 Å². The molecule has 0 radical (unpaired) electrons. The molecule has 2 aromatic rings. The summed E-state index contributed by atoms with van der Waals surface area (Å²) in [4.78, 5) is 2.43. The number of β-amino-alcohol motifs (C(OH)–C–C–N with tert-alkyl or cyclic N) is 1. The Balaban J connectivity index is 1.51. The number of likely N-dealkylation sites (tertiary alicyclic amines) is 1. The summed E-state index contributed by atoms with van der Waals surface area (Å²) in [5.41, 5.74) is 1.24. The molecule has 1 N–H and O–H groups in total. The molecule has 0 aliphatic carbocycles. The minimum Gasteiger partial charge on any atom is -0.391 e. The Kier molecular flexibility index (Phi) is 5.89. The molecule has 1 fully saturated rings. The molecule has 1 aliphatic heterocycles. The lowest BCUT2D eigenvalue weighted by atomic mass is 9.88. The summed E-state index contributed by atoms with van der Waals surface area (Å²) in [5, 5.41) is 10.5. The van der Waals surface area contributed by atoms with Crippen molar-refractivity contribution >= 4 is 9.84 Å². The first-order valence-electron chi connectivity index (χ1n) is 8.77. The standard InChI is InChI=1S/C20H25NO3S/c22-20-16-21(12-11-18(20)15-17-7-3-1-4-8-17)13-14-25(23,24)19-9-5-2-6-10-19/h1-10,18,20,22H,11-16H2. The summed E-state index contributed by atoms with van der Waals surface area (Å²) in [6.45, 7) is 1.84. The van der Waals surface area contributed by atoms with Crippen molar-refractivity contribution in [3.63, 3.8) is 0 Å². The lowest BCUT2D eigenvalue weighted by molar-refractivity contribution is 0.0245. The molecule has 134 valence electrons. The molecule has 0 saturated carbocycles. The summed E-state index contributed by atoms with van der Waals surface area (Å²) in [6.07, 6.45) is 1.35. The van der Waals surface area contributed by atoms with E-state index in [9.17, 15) is 13.5 Å². The zero-order valence-electron chi connectivity index (χ0n) is 14.3. The minimum absolute atomic E-state index is 0.0904. The Labute approximate surface area is 150 Å². The van der Waals surface area contributed by atoms with Crippen molar-refractivity contribution in [3.8, 4) is 0 Å².